The Morgan fingerprint density at radius 1 is 1.56 bits per heavy atom. The second-order valence-electron chi connectivity index (χ2n) is 3.87. The van der Waals surface area contributed by atoms with Crippen LogP contribution >= 0.6 is 15.9 Å². The van der Waals surface area contributed by atoms with Crippen molar-refractivity contribution in [2.24, 2.45) is 5.92 Å². The number of rotatable bonds is 5. The van der Waals surface area contributed by atoms with Gasteiger partial charge >= 0.3 is 0 Å². The highest BCUT2D eigenvalue weighted by Gasteiger charge is 2.21. The van der Waals surface area contributed by atoms with Crippen LogP contribution in [0.3, 0.4) is 0 Å². The Bertz CT molecular complexity index is 443. The molecule has 1 aromatic rings. The molecule has 2 N–H and O–H groups in total. The van der Waals surface area contributed by atoms with Crippen molar-refractivity contribution in [3.05, 3.63) is 12.0 Å². The van der Waals surface area contributed by atoms with Gasteiger partial charge < -0.3 is 4.98 Å². The first-order valence-electron chi connectivity index (χ1n) is 4.96. The lowest BCUT2D eigenvalue weighted by atomic mass is 10.1. The van der Waals surface area contributed by atoms with Gasteiger partial charge in [-0.3, -0.25) is 0 Å². The average molecular weight is 310 g/mol. The molecular formula is C9H16BrN3O2S. The maximum Gasteiger partial charge on any atom is 0.257 e. The topological polar surface area (TPSA) is 74.8 Å². The van der Waals surface area contributed by atoms with E-state index in [4.69, 9.17) is 0 Å². The largest absolute Gasteiger partial charge is 0.332 e. The summed E-state index contributed by atoms with van der Waals surface area (Å²) in [7, 11) is -3.48. The molecule has 2 atom stereocenters. The van der Waals surface area contributed by atoms with Crippen LogP contribution in [0.5, 0.6) is 0 Å². The molecule has 0 fully saturated rings. The first kappa shape index (κ1) is 13.7. The Labute approximate surface area is 104 Å². The first-order chi connectivity index (χ1) is 7.36. The van der Waals surface area contributed by atoms with E-state index in [-0.39, 0.29) is 17.0 Å². The van der Waals surface area contributed by atoms with Crippen LogP contribution in [-0.2, 0) is 10.0 Å². The zero-order chi connectivity index (χ0) is 12.3. The number of sulfonamides is 1. The third-order valence-corrected chi connectivity index (χ3v) is 4.90. The minimum absolute atomic E-state index is 0.110. The van der Waals surface area contributed by atoms with E-state index in [0.717, 1.165) is 5.33 Å². The van der Waals surface area contributed by atoms with Crippen molar-refractivity contribution in [3.8, 4) is 0 Å². The highest BCUT2D eigenvalue weighted by molar-refractivity contribution is 9.09. The van der Waals surface area contributed by atoms with Gasteiger partial charge in [0.25, 0.3) is 10.0 Å². The molecule has 1 aromatic heterocycles. The monoisotopic (exact) mass is 309 g/mol. The van der Waals surface area contributed by atoms with Gasteiger partial charge in [-0.25, -0.2) is 18.1 Å². The number of nitrogens with one attached hydrogen (secondary N) is 2. The van der Waals surface area contributed by atoms with Crippen LogP contribution in [0.2, 0.25) is 0 Å². The van der Waals surface area contributed by atoms with E-state index in [1.807, 2.05) is 13.8 Å². The maximum absolute atomic E-state index is 11.9. The van der Waals surface area contributed by atoms with Crippen LogP contribution in [-0.4, -0.2) is 29.8 Å². The summed E-state index contributed by atoms with van der Waals surface area (Å²) in [6.45, 7) is 5.52. The Hall–Kier alpha value is -0.400. The SMILES string of the molecule is Cc1ncc(S(=O)(=O)NC(C)C(C)CBr)[nH]1. The van der Waals surface area contributed by atoms with Crippen LogP contribution in [0, 0.1) is 12.8 Å². The summed E-state index contributed by atoms with van der Waals surface area (Å²) in [4.78, 5) is 6.58. The van der Waals surface area contributed by atoms with Gasteiger partial charge in [0.15, 0.2) is 5.03 Å². The van der Waals surface area contributed by atoms with Crippen molar-refractivity contribution in [2.45, 2.75) is 31.8 Å². The number of hydrogen-bond acceptors (Lipinski definition) is 3. The Morgan fingerprint density at radius 3 is 2.62 bits per heavy atom. The van der Waals surface area contributed by atoms with Crippen molar-refractivity contribution in [1.82, 2.24) is 14.7 Å². The Balaban J connectivity index is 2.80. The molecule has 7 heteroatoms. The molecule has 0 aliphatic carbocycles. The van der Waals surface area contributed by atoms with E-state index in [1.54, 1.807) is 6.92 Å². The van der Waals surface area contributed by atoms with Crippen molar-refractivity contribution < 1.29 is 8.42 Å². The number of H-pyrrole nitrogens is 1. The van der Waals surface area contributed by atoms with Gasteiger partial charge in [-0.1, -0.05) is 22.9 Å². The normalized spacial score (nSPS) is 16.0. The standard InChI is InChI=1S/C9H16BrN3O2S/c1-6(4-10)7(2)13-16(14,15)9-5-11-8(3)12-9/h5-7,13H,4H2,1-3H3,(H,11,12). The van der Waals surface area contributed by atoms with E-state index in [0.29, 0.717) is 5.82 Å². The zero-order valence-electron chi connectivity index (χ0n) is 9.49. The summed E-state index contributed by atoms with van der Waals surface area (Å²) in [5.41, 5.74) is 0. The summed E-state index contributed by atoms with van der Waals surface area (Å²) in [6.07, 6.45) is 1.32. The van der Waals surface area contributed by atoms with Crippen molar-refractivity contribution >= 4 is 26.0 Å². The molecule has 16 heavy (non-hydrogen) atoms. The molecule has 0 saturated carbocycles. The molecule has 0 spiro atoms. The van der Waals surface area contributed by atoms with Crippen LogP contribution in [0.25, 0.3) is 0 Å². The van der Waals surface area contributed by atoms with Crippen molar-refractivity contribution in [3.63, 3.8) is 0 Å². The molecule has 5 nitrogen and oxygen atoms in total. The van der Waals surface area contributed by atoms with Gasteiger partial charge in [0.1, 0.15) is 5.82 Å². The van der Waals surface area contributed by atoms with E-state index < -0.39 is 10.0 Å². The smallest absolute Gasteiger partial charge is 0.257 e. The van der Waals surface area contributed by atoms with E-state index in [1.165, 1.54) is 6.20 Å². The van der Waals surface area contributed by atoms with Crippen molar-refractivity contribution in [1.29, 1.82) is 0 Å². The van der Waals surface area contributed by atoms with Crippen LogP contribution in [0.1, 0.15) is 19.7 Å². The lowest BCUT2D eigenvalue weighted by molar-refractivity contribution is 0.483. The third-order valence-electron chi connectivity index (χ3n) is 2.41. The van der Waals surface area contributed by atoms with E-state index in [2.05, 4.69) is 30.6 Å². The molecule has 0 aliphatic rings. The summed E-state index contributed by atoms with van der Waals surface area (Å²) in [5.74, 6) is 0.806. The molecule has 0 saturated heterocycles. The lowest BCUT2D eigenvalue weighted by Crippen LogP contribution is -2.37. The highest BCUT2D eigenvalue weighted by atomic mass is 79.9. The zero-order valence-corrected chi connectivity index (χ0v) is 11.9. The predicted molar refractivity (Wildman–Crippen MR) is 66.1 cm³/mol. The number of aromatic amines is 1. The number of nitrogens with zero attached hydrogens (tertiary/aromatic N) is 1. The lowest BCUT2D eigenvalue weighted by Gasteiger charge is -2.18. The Morgan fingerprint density at radius 2 is 2.19 bits per heavy atom. The molecule has 0 aliphatic heterocycles. The number of halogens is 1. The van der Waals surface area contributed by atoms with Gasteiger partial charge in [-0.15, -0.1) is 0 Å². The van der Waals surface area contributed by atoms with Gasteiger partial charge in [0, 0.05) is 11.4 Å². The summed E-state index contributed by atoms with van der Waals surface area (Å²) < 4.78 is 26.4. The molecule has 0 radical (unpaired) electrons. The van der Waals surface area contributed by atoms with Crippen LogP contribution in [0.4, 0.5) is 0 Å². The number of alkyl halides is 1. The highest BCUT2D eigenvalue weighted by Crippen LogP contribution is 2.11. The Kier molecular flexibility index (Phi) is 4.52. The van der Waals surface area contributed by atoms with Crippen LogP contribution in [0.15, 0.2) is 11.2 Å². The second kappa shape index (κ2) is 5.29. The summed E-state index contributed by atoms with van der Waals surface area (Å²) in [6, 6.07) is -0.131. The van der Waals surface area contributed by atoms with Gasteiger partial charge in [-0.2, -0.15) is 0 Å². The van der Waals surface area contributed by atoms with Gasteiger partial charge in [0.05, 0.1) is 6.20 Å². The fraction of sp³-hybridized carbons (Fsp3) is 0.667. The summed E-state index contributed by atoms with van der Waals surface area (Å²) in [5, 5.41) is 0.859. The third kappa shape index (κ3) is 3.29. The fourth-order valence-electron chi connectivity index (χ4n) is 1.09. The second-order valence-corrected chi connectivity index (χ2v) is 6.20. The number of imidazole rings is 1. The number of hydrogen-bond donors (Lipinski definition) is 2. The van der Waals surface area contributed by atoms with Crippen LogP contribution < -0.4 is 4.72 Å². The minimum atomic E-state index is -3.48. The molecule has 2 unspecified atom stereocenters. The molecule has 0 bridgehead atoms. The average Bonchev–Trinajstić information content (AvgIpc) is 2.63. The molecule has 92 valence electrons. The first-order valence-corrected chi connectivity index (χ1v) is 7.57. The van der Waals surface area contributed by atoms with Gasteiger partial charge in [-0.05, 0) is 19.8 Å². The van der Waals surface area contributed by atoms with Crippen molar-refractivity contribution in [2.75, 3.05) is 5.33 Å². The molecular weight excluding hydrogens is 294 g/mol. The predicted octanol–water partition coefficient (Wildman–Crippen LogP) is 1.42. The fourth-order valence-corrected chi connectivity index (χ4v) is 2.98. The summed E-state index contributed by atoms with van der Waals surface area (Å²) >= 11 is 3.33. The molecule has 0 amide bonds. The molecule has 1 rings (SSSR count). The number of aryl methyl sites for hydroxylation is 1. The quantitative estimate of drug-likeness (QED) is 0.808. The molecule has 1 heterocycles. The van der Waals surface area contributed by atoms with Gasteiger partial charge in [0.2, 0.25) is 0 Å². The minimum Gasteiger partial charge on any atom is -0.332 e. The molecule has 0 aromatic carbocycles. The van der Waals surface area contributed by atoms with E-state index in [9.17, 15) is 8.42 Å². The number of aromatic nitrogens is 2. The van der Waals surface area contributed by atoms with E-state index >= 15 is 0 Å². The maximum atomic E-state index is 11.9.